The molecule has 36 heavy (non-hydrogen) atoms. The van der Waals surface area contributed by atoms with Crippen LogP contribution in [0.15, 0.2) is 59.6 Å². The van der Waals surface area contributed by atoms with Gasteiger partial charge in [0.25, 0.3) is 6.43 Å². The quantitative estimate of drug-likeness (QED) is 0.276. The summed E-state index contributed by atoms with van der Waals surface area (Å²) >= 11 is 0. The van der Waals surface area contributed by atoms with E-state index in [0.717, 1.165) is 53.2 Å². The third-order valence-electron chi connectivity index (χ3n) is 6.29. The predicted octanol–water partition coefficient (Wildman–Crippen LogP) is 5.72. The van der Waals surface area contributed by atoms with Crippen molar-refractivity contribution in [2.45, 2.75) is 48.4 Å². The lowest BCUT2D eigenvalue weighted by Crippen LogP contribution is -2.43. The molecule has 3 aromatic rings. The van der Waals surface area contributed by atoms with Crippen molar-refractivity contribution >= 4 is 15.6 Å². The zero-order valence-corrected chi connectivity index (χ0v) is 19.4. The maximum absolute atomic E-state index is 13.6. The minimum atomic E-state index is -4.55. The Bertz CT molecular complexity index is 1350. The van der Waals surface area contributed by atoms with Gasteiger partial charge in [-0.25, -0.2) is 26.3 Å². The van der Waals surface area contributed by atoms with Crippen molar-refractivity contribution in [2.75, 3.05) is 0 Å². The molecule has 0 radical (unpaired) electrons. The van der Waals surface area contributed by atoms with E-state index in [1.807, 2.05) is 0 Å². The molecule has 1 heterocycles. The molecule has 0 aliphatic heterocycles. The van der Waals surface area contributed by atoms with Gasteiger partial charge in [0.2, 0.25) is 0 Å². The van der Waals surface area contributed by atoms with Crippen molar-refractivity contribution < 1.29 is 39.6 Å². The van der Waals surface area contributed by atoms with E-state index in [9.17, 15) is 39.6 Å². The van der Waals surface area contributed by atoms with E-state index >= 15 is 0 Å². The number of ketones is 1. The first-order chi connectivity index (χ1) is 16.9. The second kappa shape index (κ2) is 9.72. The lowest BCUT2D eigenvalue weighted by atomic mass is 9.80. The van der Waals surface area contributed by atoms with E-state index < -0.39 is 56.5 Å². The van der Waals surface area contributed by atoms with Crippen LogP contribution in [-0.4, -0.2) is 29.2 Å². The highest BCUT2D eigenvalue weighted by Gasteiger charge is 2.45. The topological polar surface area (TPSA) is 69.0 Å². The highest BCUT2D eigenvalue weighted by molar-refractivity contribution is 7.92. The average molecular weight is 530 g/mol. The molecule has 2 aromatic carbocycles. The number of rotatable bonds is 8. The summed E-state index contributed by atoms with van der Waals surface area (Å²) in [5.74, 6) is -1.80. The molecular formula is C24H20F6N2O3S. The first-order valence-corrected chi connectivity index (χ1v) is 12.5. The van der Waals surface area contributed by atoms with Crippen LogP contribution in [0.3, 0.4) is 0 Å². The summed E-state index contributed by atoms with van der Waals surface area (Å²) in [5.41, 5.74) is -1.34. The van der Waals surface area contributed by atoms with E-state index in [4.69, 9.17) is 0 Å². The first-order valence-electron chi connectivity index (χ1n) is 10.9. The normalized spacial score (nSPS) is 18.3. The molecule has 0 saturated heterocycles. The molecule has 0 amide bonds. The Hall–Kier alpha value is -3.15. The lowest BCUT2D eigenvalue weighted by Gasteiger charge is -2.35. The Kier molecular flexibility index (Phi) is 7.00. The average Bonchev–Trinajstić information content (AvgIpc) is 3.21. The van der Waals surface area contributed by atoms with Gasteiger partial charge in [0.1, 0.15) is 17.3 Å². The van der Waals surface area contributed by atoms with Gasteiger partial charge in [-0.15, -0.1) is 0 Å². The summed E-state index contributed by atoms with van der Waals surface area (Å²) in [6, 6.07) is 8.11. The standard InChI is InChI=1S/C24H20F6N2O3S/c25-16-4-8-18(9-5-16)36(34,35)21-12-10-19(21)20(33)11-1-14-13-32(31-22(14)23(26)27)17-6-2-15(3-7-17)24(28,29)30/h2-9,13,19,21,23H,1,10-12H2/t19-,21-/m0/s1. The van der Waals surface area contributed by atoms with E-state index in [-0.39, 0.29) is 35.4 Å². The van der Waals surface area contributed by atoms with Crippen molar-refractivity contribution in [1.29, 1.82) is 0 Å². The Morgan fingerprint density at radius 3 is 2.19 bits per heavy atom. The molecule has 0 spiro atoms. The molecule has 192 valence electrons. The first kappa shape index (κ1) is 25.9. The van der Waals surface area contributed by atoms with E-state index in [2.05, 4.69) is 5.10 Å². The van der Waals surface area contributed by atoms with Crippen LogP contribution in [0.2, 0.25) is 0 Å². The maximum Gasteiger partial charge on any atom is 0.416 e. The van der Waals surface area contributed by atoms with Crippen molar-refractivity contribution in [2.24, 2.45) is 5.92 Å². The Morgan fingerprint density at radius 2 is 1.67 bits per heavy atom. The van der Waals surface area contributed by atoms with Gasteiger partial charge in [0, 0.05) is 24.1 Å². The van der Waals surface area contributed by atoms with E-state index in [1.54, 1.807) is 0 Å². The number of benzene rings is 2. The number of carbonyl (C=O) groups is 1. The van der Waals surface area contributed by atoms with Crippen molar-refractivity contribution in [1.82, 2.24) is 9.78 Å². The van der Waals surface area contributed by atoms with Gasteiger partial charge in [-0.2, -0.15) is 18.3 Å². The molecule has 0 bridgehead atoms. The lowest BCUT2D eigenvalue weighted by molar-refractivity contribution is -0.137. The van der Waals surface area contributed by atoms with Crippen LogP contribution in [0.25, 0.3) is 5.69 Å². The summed E-state index contributed by atoms with van der Waals surface area (Å²) in [6.45, 7) is 0. The number of carbonyl (C=O) groups excluding carboxylic acids is 1. The SMILES string of the molecule is O=C(CCc1cn(-c2ccc(C(F)(F)F)cc2)nc1C(F)F)[C@@H]1CC[C@@H]1S(=O)(=O)c1ccc(F)cc1. The van der Waals surface area contributed by atoms with Crippen LogP contribution in [0.1, 0.15) is 42.5 Å². The smallest absolute Gasteiger partial charge is 0.299 e. The maximum atomic E-state index is 13.6. The number of sulfone groups is 1. The van der Waals surface area contributed by atoms with Gasteiger partial charge in [0.15, 0.2) is 9.84 Å². The van der Waals surface area contributed by atoms with Gasteiger partial charge in [-0.3, -0.25) is 4.79 Å². The number of halogens is 6. The van der Waals surface area contributed by atoms with Crippen molar-refractivity contribution in [3.05, 3.63) is 77.4 Å². The van der Waals surface area contributed by atoms with Crippen LogP contribution < -0.4 is 0 Å². The Labute approximate surface area is 202 Å². The molecule has 1 fully saturated rings. The number of aryl methyl sites for hydroxylation is 1. The monoisotopic (exact) mass is 530 g/mol. The van der Waals surface area contributed by atoms with Gasteiger partial charge in [-0.05, 0) is 67.8 Å². The third-order valence-corrected chi connectivity index (χ3v) is 8.59. The molecule has 1 aromatic heterocycles. The van der Waals surface area contributed by atoms with Crippen LogP contribution in [-0.2, 0) is 27.2 Å². The molecule has 12 heteroatoms. The molecular weight excluding hydrogens is 510 g/mol. The third kappa shape index (κ3) is 5.18. The second-order valence-electron chi connectivity index (χ2n) is 8.52. The fraction of sp³-hybridized carbons (Fsp3) is 0.333. The second-order valence-corrected chi connectivity index (χ2v) is 10.7. The van der Waals surface area contributed by atoms with Crippen molar-refractivity contribution in [3.63, 3.8) is 0 Å². The summed E-state index contributed by atoms with van der Waals surface area (Å²) in [7, 11) is -3.87. The van der Waals surface area contributed by atoms with Gasteiger partial charge in [0.05, 0.1) is 21.4 Å². The highest BCUT2D eigenvalue weighted by atomic mass is 32.2. The van der Waals surface area contributed by atoms with Crippen molar-refractivity contribution in [3.8, 4) is 5.69 Å². The van der Waals surface area contributed by atoms with Gasteiger partial charge in [-0.1, -0.05) is 0 Å². The molecule has 0 N–H and O–H groups in total. The Balaban J connectivity index is 1.47. The largest absolute Gasteiger partial charge is 0.416 e. The fourth-order valence-corrected chi connectivity index (χ4v) is 6.22. The summed E-state index contributed by atoms with van der Waals surface area (Å²) < 4.78 is 105. The van der Waals surface area contributed by atoms with Crippen LogP contribution in [0.4, 0.5) is 26.3 Å². The molecule has 1 aliphatic carbocycles. The molecule has 0 unspecified atom stereocenters. The van der Waals surface area contributed by atoms with E-state index in [0.29, 0.717) is 6.42 Å². The molecule has 2 atom stereocenters. The van der Waals surface area contributed by atoms with E-state index in [1.165, 1.54) is 6.20 Å². The minimum absolute atomic E-state index is 0.0375. The number of aromatic nitrogens is 2. The van der Waals surface area contributed by atoms with Gasteiger partial charge >= 0.3 is 6.18 Å². The molecule has 1 saturated carbocycles. The number of nitrogens with zero attached hydrogens (tertiary/aromatic N) is 2. The summed E-state index contributed by atoms with van der Waals surface area (Å²) in [6.07, 6.45) is -6.07. The van der Waals surface area contributed by atoms with Crippen LogP contribution in [0, 0.1) is 11.7 Å². The van der Waals surface area contributed by atoms with Crippen LogP contribution in [0.5, 0.6) is 0 Å². The molecule has 1 aliphatic rings. The molecule has 4 rings (SSSR count). The minimum Gasteiger partial charge on any atom is -0.299 e. The van der Waals surface area contributed by atoms with Gasteiger partial charge < -0.3 is 0 Å². The highest BCUT2D eigenvalue weighted by Crippen LogP contribution is 2.38. The molecule has 5 nitrogen and oxygen atoms in total. The number of hydrogen-bond donors (Lipinski definition) is 0. The number of alkyl halides is 5. The number of hydrogen-bond acceptors (Lipinski definition) is 4. The summed E-state index contributed by atoms with van der Waals surface area (Å²) in [4.78, 5) is 12.7. The Morgan fingerprint density at radius 1 is 1.03 bits per heavy atom. The summed E-state index contributed by atoms with van der Waals surface area (Å²) in [5, 5.41) is 2.81. The zero-order valence-electron chi connectivity index (χ0n) is 18.6. The predicted molar refractivity (Wildman–Crippen MR) is 117 cm³/mol. The van der Waals surface area contributed by atoms with Crippen LogP contribution >= 0.6 is 0 Å². The fourth-order valence-electron chi connectivity index (χ4n) is 4.19. The number of Topliss-reactive ketones (excluding diaryl/α,β-unsaturated/α-hetero) is 1. The zero-order chi connectivity index (χ0) is 26.3.